The highest BCUT2D eigenvalue weighted by molar-refractivity contribution is 5.71. The second-order valence-electron chi connectivity index (χ2n) is 6.23. The summed E-state index contributed by atoms with van der Waals surface area (Å²) in [6.07, 6.45) is 5.28. The van der Waals surface area contributed by atoms with Crippen molar-refractivity contribution in [1.82, 2.24) is 5.32 Å². The van der Waals surface area contributed by atoms with Gasteiger partial charge in [0.25, 0.3) is 0 Å². The van der Waals surface area contributed by atoms with Crippen LogP contribution in [-0.4, -0.2) is 6.54 Å². The molecule has 0 amide bonds. The lowest BCUT2D eigenvalue weighted by Gasteiger charge is -2.15. The van der Waals surface area contributed by atoms with Gasteiger partial charge in [-0.05, 0) is 48.6 Å². The van der Waals surface area contributed by atoms with Gasteiger partial charge in [0.1, 0.15) is 0 Å². The van der Waals surface area contributed by atoms with Crippen LogP contribution in [0.25, 0.3) is 11.3 Å². The van der Waals surface area contributed by atoms with Crippen LogP contribution in [0.2, 0.25) is 0 Å². The van der Waals surface area contributed by atoms with Crippen LogP contribution < -0.4 is 5.32 Å². The summed E-state index contributed by atoms with van der Waals surface area (Å²) < 4.78 is 0. The Kier molecular flexibility index (Phi) is 4.47. The number of rotatable bonds is 4. The summed E-state index contributed by atoms with van der Waals surface area (Å²) in [5.41, 5.74) is 8.71. The van der Waals surface area contributed by atoms with Crippen molar-refractivity contribution < 1.29 is 0 Å². The highest BCUT2D eigenvalue weighted by atomic mass is 14.9. The summed E-state index contributed by atoms with van der Waals surface area (Å²) in [6, 6.07) is 17.3. The highest BCUT2D eigenvalue weighted by Crippen LogP contribution is 2.22. The van der Waals surface area contributed by atoms with E-state index in [-0.39, 0.29) is 0 Å². The van der Waals surface area contributed by atoms with Crippen molar-refractivity contribution in [3.63, 3.8) is 0 Å². The topological polar surface area (TPSA) is 12.0 Å². The van der Waals surface area contributed by atoms with Crippen LogP contribution in [0.4, 0.5) is 0 Å². The second-order valence-corrected chi connectivity index (χ2v) is 6.23. The van der Waals surface area contributed by atoms with E-state index in [1.165, 1.54) is 33.5 Å². The molecule has 2 aromatic carbocycles. The minimum absolute atomic E-state index is 0.893. The zero-order valence-electron chi connectivity index (χ0n) is 13.9. The molecule has 0 aliphatic carbocycles. The van der Waals surface area contributed by atoms with Gasteiger partial charge in [-0.1, -0.05) is 72.3 Å². The van der Waals surface area contributed by atoms with Gasteiger partial charge < -0.3 is 5.32 Å². The minimum atomic E-state index is 0.893. The fraction of sp³-hybridized carbons (Fsp3) is 0.182. The third-order valence-corrected chi connectivity index (χ3v) is 4.19. The van der Waals surface area contributed by atoms with E-state index >= 15 is 0 Å². The average Bonchev–Trinajstić information content (AvgIpc) is 2.55. The van der Waals surface area contributed by atoms with Crippen LogP contribution >= 0.6 is 0 Å². The second kappa shape index (κ2) is 6.70. The molecule has 0 radical (unpaired) electrons. The molecule has 2 aromatic rings. The summed E-state index contributed by atoms with van der Waals surface area (Å²) in [5.74, 6) is 0. The number of dihydropyridines is 1. The first-order chi connectivity index (χ1) is 11.1. The van der Waals surface area contributed by atoms with Crippen LogP contribution in [0.3, 0.4) is 0 Å². The number of benzene rings is 2. The smallest absolute Gasteiger partial charge is 0.0418 e. The molecule has 1 N–H and O–H groups in total. The number of allylic oxidation sites excluding steroid dienone is 3. The SMILES string of the molecule is C=C(Cc1cccc(C)c1)c1ccc(C2=CC(C)=CCN2)cc1. The van der Waals surface area contributed by atoms with Gasteiger partial charge in [0.2, 0.25) is 0 Å². The summed E-state index contributed by atoms with van der Waals surface area (Å²) in [5, 5.41) is 3.42. The monoisotopic (exact) mass is 301 g/mol. The molecule has 3 rings (SSSR count). The number of hydrogen-bond acceptors (Lipinski definition) is 1. The Balaban J connectivity index is 1.74. The number of nitrogens with one attached hydrogen (secondary N) is 1. The quantitative estimate of drug-likeness (QED) is 0.824. The first-order valence-corrected chi connectivity index (χ1v) is 8.08. The molecule has 116 valence electrons. The summed E-state index contributed by atoms with van der Waals surface area (Å²) in [6.45, 7) is 9.43. The highest BCUT2D eigenvalue weighted by Gasteiger charge is 2.06. The zero-order valence-corrected chi connectivity index (χ0v) is 13.9. The Hall–Kier alpha value is -2.54. The van der Waals surface area contributed by atoms with Crippen molar-refractivity contribution in [2.75, 3.05) is 6.54 Å². The molecule has 0 unspecified atom stereocenters. The lowest BCUT2D eigenvalue weighted by atomic mass is 9.97. The molecule has 0 aromatic heterocycles. The van der Waals surface area contributed by atoms with E-state index in [1.807, 2.05) is 0 Å². The molecular formula is C22H23N. The van der Waals surface area contributed by atoms with Gasteiger partial charge in [0.15, 0.2) is 0 Å². The predicted octanol–water partition coefficient (Wildman–Crippen LogP) is 5.14. The minimum Gasteiger partial charge on any atom is -0.381 e. The van der Waals surface area contributed by atoms with Crippen molar-refractivity contribution in [3.8, 4) is 0 Å². The summed E-state index contributed by atoms with van der Waals surface area (Å²) in [4.78, 5) is 0. The molecule has 0 bridgehead atoms. The van der Waals surface area contributed by atoms with Crippen LogP contribution in [-0.2, 0) is 6.42 Å². The van der Waals surface area contributed by atoms with Crippen LogP contribution in [0.1, 0.15) is 29.2 Å². The van der Waals surface area contributed by atoms with Crippen molar-refractivity contribution in [1.29, 1.82) is 0 Å². The molecular weight excluding hydrogens is 278 g/mol. The Morgan fingerprint density at radius 1 is 1.09 bits per heavy atom. The third-order valence-electron chi connectivity index (χ3n) is 4.19. The molecule has 0 spiro atoms. The van der Waals surface area contributed by atoms with Crippen LogP contribution in [0.15, 0.2) is 72.8 Å². The number of hydrogen-bond donors (Lipinski definition) is 1. The molecule has 0 atom stereocenters. The molecule has 1 aliphatic heterocycles. The Bertz CT molecular complexity index is 776. The Labute approximate surface area is 139 Å². The first kappa shape index (κ1) is 15.4. The van der Waals surface area contributed by atoms with E-state index in [9.17, 15) is 0 Å². The lowest BCUT2D eigenvalue weighted by molar-refractivity contribution is 0.981. The molecule has 0 saturated carbocycles. The van der Waals surface area contributed by atoms with E-state index in [0.717, 1.165) is 18.5 Å². The first-order valence-electron chi connectivity index (χ1n) is 8.08. The van der Waals surface area contributed by atoms with Gasteiger partial charge >= 0.3 is 0 Å². The summed E-state index contributed by atoms with van der Waals surface area (Å²) in [7, 11) is 0. The predicted molar refractivity (Wildman–Crippen MR) is 100 cm³/mol. The normalized spacial score (nSPS) is 13.8. The van der Waals surface area contributed by atoms with E-state index in [1.54, 1.807) is 0 Å². The van der Waals surface area contributed by atoms with Gasteiger partial charge in [-0.3, -0.25) is 0 Å². The van der Waals surface area contributed by atoms with Crippen LogP contribution in [0.5, 0.6) is 0 Å². The van der Waals surface area contributed by atoms with E-state index < -0.39 is 0 Å². The summed E-state index contributed by atoms with van der Waals surface area (Å²) >= 11 is 0. The Morgan fingerprint density at radius 3 is 2.57 bits per heavy atom. The maximum absolute atomic E-state index is 4.26. The zero-order chi connectivity index (χ0) is 16.2. The molecule has 0 saturated heterocycles. The molecule has 1 aliphatic rings. The fourth-order valence-corrected chi connectivity index (χ4v) is 2.90. The maximum atomic E-state index is 4.26. The average molecular weight is 301 g/mol. The van der Waals surface area contributed by atoms with Crippen molar-refractivity contribution in [3.05, 3.63) is 95.1 Å². The van der Waals surface area contributed by atoms with E-state index in [2.05, 4.69) is 86.4 Å². The van der Waals surface area contributed by atoms with Gasteiger partial charge in [0, 0.05) is 12.2 Å². The molecule has 1 nitrogen and oxygen atoms in total. The molecule has 1 heterocycles. The lowest BCUT2D eigenvalue weighted by Crippen LogP contribution is -2.15. The third kappa shape index (κ3) is 3.81. The van der Waals surface area contributed by atoms with E-state index in [0.29, 0.717) is 0 Å². The van der Waals surface area contributed by atoms with Crippen molar-refractivity contribution >= 4 is 11.3 Å². The van der Waals surface area contributed by atoms with Gasteiger partial charge in [-0.2, -0.15) is 0 Å². The van der Waals surface area contributed by atoms with Gasteiger partial charge in [-0.25, -0.2) is 0 Å². The standard InChI is InChI=1S/C22H23N/c1-16-5-4-6-19(13-16)15-18(3)20-7-9-21(10-8-20)22-14-17(2)11-12-23-22/h4-11,13-14,23H,3,12,15H2,1-2H3. The van der Waals surface area contributed by atoms with Crippen molar-refractivity contribution in [2.45, 2.75) is 20.3 Å². The molecule has 0 fully saturated rings. The molecule has 1 heteroatoms. The maximum Gasteiger partial charge on any atom is 0.0418 e. The number of aryl methyl sites for hydroxylation is 1. The largest absolute Gasteiger partial charge is 0.381 e. The van der Waals surface area contributed by atoms with Crippen LogP contribution in [0, 0.1) is 6.92 Å². The van der Waals surface area contributed by atoms with Gasteiger partial charge in [0.05, 0.1) is 0 Å². The van der Waals surface area contributed by atoms with E-state index in [4.69, 9.17) is 0 Å². The van der Waals surface area contributed by atoms with Gasteiger partial charge in [-0.15, -0.1) is 0 Å². The fourth-order valence-electron chi connectivity index (χ4n) is 2.90. The Morgan fingerprint density at radius 2 is 1.87 bits per heavy atom. The van der Waals surface area contributed by atoms with Crippen molar-refractivity contribution in [2.24, 2.45) is 0 Å². The molecule has 23 heavy (non-hydrogen) atoms.